The van der Waals surface area contributed by atoms with Crippen LogP contribution in [0.4, 0.5) is 0 Å². The highest BCUT2D eigenvalue weighted by molar-refractivity contribution is 5.79. The molecule has 0 atom stereocenters. The second-order valence-electron chi connectivity index (χ2n) is 3.28. The third-order valence-electron chi connectivity index (χ3n) is 2.40. The first-order chi connectivity index (χ1) is 6.74. The molecule has 1 aromatic heterocycles. The average Bonchev–Trinajstić information content (AvgIpc) is 2.23. The number of hydrogen-bond acceptors (Lipinski definition) is 2. The summed E-state index contributed by atoms with van der Waals surface area (Å²) in [7, 11) is 0. The Morgan fingerprint density at radius 1 is 1.36 bits per heavy atom. The summed E-state index contributed by atoms with van der Waals surface area (Å²) in [5.41, 5.74) is 1.63. The molecule has 0 aliphatic rings. The van der Waals surface area contributed by atoms with E-state index in [0.29, 0.717) is 12.2 Å². The monoisotopic (exact) mass is 188 g/mol. The summed E-state index contributed by atoms with van der Waals surface area (Å²) >= 11 is 0. The van der Waals surface area contributed by atoms with E-state index in [0.717, 1.165) is 21.3 Å². The molecule has 0 radical (unpaired) electrons. The molecular weight excluding hydrogens is 176 g/mol. The van der Waals surface area contributed by atoms with Gasteiger partial charge in [-0.25, -0.2) is 4.73 Å². The predicted octanol–water partition coefficient (Wildman–Crippen LogP) is 1.74. The van der Waals surface area contributed by atoms with Gasteiger partial charge in [-0.2, -0.15) is 0 Å². The fraction of sp³-hybridized carbons (Fsp3) is 0.273. The zero-order valence-corrected chi connectivity index (χ0v) is 8.32. The Morgan fingerprint density at radius 3 is 2.79 bits per heavy atom. The molecule has 0 amide bonds. The smallest absolute Gasteiger partial charge is 0.301 e. The van der Waals surface area contributed by atoms with Crippen molar-refractivity contribution in [3.8, 4) is 0 Å². The molecule has 0 fully saturated rings. The number of benzene rings is 1. The lowest BCUT2D eigenvalue weighted by Gasteiger charge is -2.09. The number of nitrogens with zero attached hydrogens (tertiary/aromatic N) is 2. The molecule has 0 aliphatic heterocycles. The molecule has 3 nitrogen and oxygen atoms in total. The zero-order valence-electron chi connectivity index (χ0n) is 8.32. The molecule has 0 saturated carbocycles. The van der Waals surface area contributed by atoms with Crippen LogP contribution in [0.3, 0.4) is 0 Å². The largest absolute Gasteiger partial charge is 0.711 e. The Morgan fingerprint density at radius 2 is 2.07 bits per heavy atom. The van der Waals surface area contributed by atoms with Crippen LogP contribution in [0.2, 0.25) is 0 Å². The summed E-state index contributed by atoms with van der Waals surface area (Å²) < 4.78 is 0.919. The third kappa shape index (κ3) is 1.21. The Hall–Kier alpha value is -1.64. The van der Waals surface area contributed by atoms with Crippen molar-refractivity contribution in [2.45, 2.75) is 20.3 Å². The Bertz CT molecular complexity index is 480. The number of aromatic nitrogens is 2. The molecular formula is C11H12N2O. The van der Waals surface area contributed by atoms with Gasteiger partial charge >= 0.3 is 5.82 Å². The molecule has 1 aromatic carbocycles. The molecule has 3 heteroatoms. The molecule has 1 heterocycles. The lowest BCUT2D eigenvalue weighted by molar-refractivity contribution is -0.622. The first kappa shape index (κ1) is 8.94. The van der Waals surface area contributed by atoms with E-state index in [1.165, 1.54) is 0 Å². The number of para-hydroxylation sites is 1. The highest BCUT2D eigenvalue weighted by Gasteiger charge is 2.12. The summed E-state index contributed by atoms with van der Waals surface area (Å²) in [6.07, 6.45) is 0.662. The summed E-state index contributed by atoms with van der Waals surface area (Å²) in [6.45, 7) is 3.76. The first-order valence-corrected chi connectivity index (χ1v) is 4.72. The molecule has 2 aromatic rings. The van der Waals surface area contributed by atoms with Crippen LogP contribution in [0.5, 0.6) is 0 Å². The second-order valence-corrected chi connectivity index (χ2v) is 3.28. The van der Waals surface area contributed by atoms with E-state index in [1.807, 2.05) is 38.1 Å². The van der Waals surface area contributed by atoms with E-state index >= 15 is 0 Å². The van der Waals surface area contributed by atoms with Crippen LogP contribution in [0, 0.1) is 12.1 Å². The van der Waals surface area contributed by atoms with E-state index < -0.39 is 0 Å². The van der Waals surface area contributed by atoms with Gasteiger partial charge in [0.25, 0.3) is 0 Å². The maximum Gasteiger partial charge on any atom is 0.301 e. The standard InChI is InChI=1S/C11H12N2O/c1-3-11-12-10-7-5-4-6-9(10)8(2)13(11)14/h4-7H,3H2,1-2H3. The topological polar surface area (TPSA) is 39.8 Å². The molecule has 0 unspecified atom stereocenters. The van der Waals surface area contributed by atoms with Gasteiger partial charge in [-0.1, -0.05) is 19.1 Å². The average molecular weight is 188 g/mol. The van der Waals surface area contributed by atoms with Crippen LogP contribution in [0.15, 0.2) is 24.3 Å². The van der Waals surface area contributed by atoms with Crippen LogP contribution >= 0.6 is 0 Å². The molecule has 0 spiro atoms. The number of rotatable bonds is 1. The molecule has 72 valence electrons. The summed E-state index contributed by atoms with van der Waals surface area (Å²) in [5, 5.41) is 12.6. The molecule has 14 heavy (non-hydrogen) atoms. The second kappa shape index (κ2) is 3.25. The zero-order chi connectivity index (χ0) is 10.1. The van der Waals surface area contributed by atoms with Gasteiger partial charge in [0, 0.05) is 0 Å². The van der Waals surface area contributed by atoms with Crippen molar-refractivity contribution in [2.75, 3.05) is 0 Å². The molecule has 0 aliphatic carbocycles. The van der Waals surface area contributed by atoms with E-state index in [-0.39, 0.29) is 0 Å². The van der Waals surface area contributed by atoms with Gasteiger partial charge in [-0.15, -0.1) is 0 Å². The van der Waals surface area contributed by atoms with Crippen LogP contribution in [0.1, 0.15) is 18.4 Å². The maximum absolute atomic E-state index is 11.7. The van der Waals surface area contributed by atoms with Gasteiger partial charge in [-0.05, 0) is 24.0 Å². The minimum Gasteiger partial charge on any atom is -0.711 e. The van der Waals surface area contributed by atoms with Crippen LogP contribution < -0.4 is 4.73 Å². The first-order valence-electron chi connectivity index (χ1n) is 4.72. The molecule has 0 saturated heterocycles. The van der Waals surface area contributed by atoms with Crippen molar-refractivity contribution in [2.24, 2.45) is 0 Å². The molecule has 2 rings (SSSR count). The van der Waals surface area contributed by atoms with Crippen LogP contribution in [0.25, 0.3) is 10.9 Å². The summed E-state index contributed by atoms with van der Waals surface area (Å²) in [5.74, 6) is 0.584. The predicted molar refractivity (Wildman–Crippen MR) is 54.8 cm³/mol. The van der Waals surface area contributed by atoms with Crippen molar-refractivity contribution in [1.82, 2.24) is 4.98 Å². The van der Waals surface area contributed by atoms with Gasteiger partial charge < -0.3 is 5.21 Å². The Labute approximate surface area is 82.6 Å². The van der Waals surface area contributed by atoms with Crippen molar-refractivity contribution in [1.29, 1.82) is 0 Å². The fourth-order valence-electron chi connectivity index (χ4n) is 1.59. The van der Waals surface area contributed by atoms with E-state index in [2.05, 4.69) is 4.98 Å². The van der Waals surface area contributed by atoms with Gasteiger partial charge in [-0.3, -0.25) is 0 Å². The van der Waals surface area contributed by atoms with Crippen LogP contribution in [-0.2, 0) is 6.42 Å². The third-order valence-corrected chi connectivity index (χ3v) is 2.40. The normalized spacial score (nSPS) is 10.7. The van der Waals surface area contributed by atoms with Crippen molar-refractivity contribution in [3.63, 3.8) is 0 Å². The van der Waals surface area contributed by atoms with Crippen molar-refractivity contribution in [3.05, 3.63) is 41.0 Å². The number of fused-ring (bicyclic) bond motifs is 1. The van der Waals surface area contributed by atoms with Gasteiger partial charge in [0.05, 0.1) is 11.8 Å². The van der Waals surface area contributed by atoms with Gasteiger partial charge in [0.1, 0.15) is 5.69 Å². The highest BCUT2D eigenvalue weighted by atomic mass is 16.5. The maximum atomic E-state index is 11.7. The fourth-order valence-corrected chi connectivity index (χ4v) is 1.59. The van der Waals surface area contributed by atoms with Crippen molar-refractivity contribution < 1.29 is 4.73 Å². The van der Waals surface area contributed by atoms with E-state index in [1.54, 1.807) is 0 Å². The lowest BCUT2D eigenvalue weighted by Crippen LogP contribution is -2.36. The quantitative estimate of drug-likeness (QED) is 0.505. The van der Waals surface area contributed by atoms with Gasteiger partial charge in [0.15, 0.2) is 5.52 Å². The number of hydrogen-bond donors (Lipinski definition) is 0. The minimum absolute atomic E-state index is 0.584. The summed E-state index contributed by atoms with van der Waals surface area (Å²) in [6, 6.07) is 7.71. The Kier molecular flexibility index (Phi) is 2.08. The lowest BCUT2D eigenvalue weighted by atomic mass is 10.2. The number of aryl methyl sites for hydroxylation is 2. The molecule has 0 bridgehead atoms. The van der Waals surface area contributed by atoms with E-state index in [9.17, 15) is 5.21 Å². The minimum atomic E-state index is 0.584. The van der Waals surface area contributed by atoms with Gasteiger partial charge in [0.2, 0.25) is 0 Å². The SMILES string of the molecule is CCc1nc2ccccc2c(C)[n+]1[O-]. The van der Waals surface area contributed by atoms with Crippen LogP contribution in [-0.4, -0.2) is 4.98 Å². The highest BCUT2D eigenvalue weighted by Crippen LogP contribution is 2.13. The van der Waals surface area contributed by atoms with E-state index in [4.69, 9.17) is 0 Å². The Balaban J connectivity index is 2.85. The summed E-state index contributed by atoms with van der Waals surface area (Å²) in [4.78, 5) is 4.30. The van der Waals surface area contributed by atoms with Crippen molar-refractivity contribution >= 4 is 10.9 Å². The molecule has 0 N–H and O–H groups in total.